The van der Waals surface area contributed by atoms with Crippen molar-refractivity contribution in [1.82, 2.24) is 4.98 Å². The van der Waals surface area contributed by atoms with E-state index in [0.717, 1.165) is 25.2 Å². The first-order valence-corrected chi connectivity index (χ1v) is 5.48. The summed E-state index contributed by atoms with van der Waals surface area (Å²) in [7, 11) is 0. The van der Waals surface area contributed by atoms with Crippen LogP contribution in [0.1, 0.15) is 32.3 Å². The lowest BCUT2D eigenvalue weighted by Crippen LogP contribution is -2.39. The number of anilines is 2. The number of hydrogen-bond acceptors (Lipinski definition) is 4. The number of nitrogens with two attached hydrogens (primary N) is 1. The van der Waals surface area contributed by atoms with Crippen molar-refractivity contribution in [2.45, 2.75) is 32.2 Å². The maximum Gasteiger partial charge on any atom is 0.152 e. The minimum atomic E-state index is 0.106. The first kappa shape index (κ1) is 10.7. The summed E-state index contributed by atoms with van der Waals surface area (Å²) in [5.41, 5.74) is 7.15. The normalized spacial score (nSPS) is 18.4. The predicted octanol–water partition coefficient (Wildman–Crippen LogP) is 1.91. The number of nitrogens with zero attached hydrogens (tertiary/aromatic N) is 3. The summed E-state index contributed by atoms with van der Waals surface area (Å²) in [5.74, 6) is 0.807. The molecule has 1 aliphatic heterocycles. The molecule has 0 spiro atoms. The number of rotatable bonds is 1. The Morgan fingerprint density at radius 3 is 2.81 bits per heavy atom. The second-order valence-electron chi connectivity index (χ2n) is 4.82. The summed E-state index contributed by atoms with van der Waals surface area (Å²) < 4.78 is 0. The SMILES string of the molecule is CC1(C)CCCN1c1ncc(C#N)cc1N. The molecular formula is C12H16N4. The number of pyridine rings is 1. The van der Waals surface area contributed by atoms with Crippen LogP contribution in [-0.2, 0) is 0 Å². The lowest BCUT2D eigenvalue weighted by molar-refractivity contribution is 0.515. The first-order chi connectivity index (χ1) is 7.54. The van der Waals surface area contributed by atoms with E-state index in [1.165, 1.54) is 0 Å². The van der Waals surface area contributed by atoms with Crippen molar-refractivity contribution < 1.29 is 0 Å². The van der Waals surface area contributed by atoms with E-state index in [9.17, 15) is 0 Å². The van der Waals surface area contributed by atoms with E-state index < -0.39 is 0 Å². The molecule has 1 aromatic heterocycles. The van der Waals surface area contributed by atoms with E-state index >= 15 is 0 Å². The Bertz CT molecular complexity index is 445. The van der Waals surface area contributed by atoms with E-state index in [1.54, 1.807) is 12.3 Å². The highest BCUT2D eigenvalue weighted by molar-refractivity contribution is 5.66. The summed E-state index contributed by atoms with van der Waals surface area (Å²) in [5, 5.41) is 8.76. The van der Waals surface area contributed by atoms with Gasteiger partial charge in [-0.3, -0.25) is 0 Å². The van der Waals surface area contributed by atoms with Crippen LogP contribution in [0.25, 0.3) is 0 Å². The third kappa shape index (κ3) is 1.69. The molecule has 1 fully saturated rings. The highest BCUT2D eigenvalue weighted by Crippen LogP contribution is 2.35. The molecule has 0 aliphatic carbocycles. The fraction of sp³-hybridized carbons (Fsp3) is 0.500. The van der Waals surface area contributed by atoms with Crippen molar-refractivity contribution >= 4 is 11.5 Å². The lowest BCUT2D eigenvalue weighted by Gasteiger charge is -2.33. The van der Waals surface area contributed by atoms with Crippen LogP contribution in [0, 0.1) is 11.3 Å². The van der Waals surface area contributed by atoms with Gasteiger partial charge in [0.2, 0.25) is 0 Å². The van der Waals surface area contributed by atoms with E-state index in [4.69, 9.17) is 11.0 Å². The molecular weight excluding hydrogens is 200 g/mol. The molecule has 2 N–H and O–H groups in total. The van der Waals surface area contributed by atoms with Crippen molar-refractivity contribution in [3.05, 3.63) is 17.8 Å². The molecule has 1 aromatic rings. The van der Waals surface area contributed by atoms with E-state index in [-0.39, 0.29) is 5.54 Å². The molecule has 2 rings (SSSR count). The Morgan fingerprint density at radius 2 is 2.31 bits per heavy atom. The largest absolute Gasteiger partial charge is 0.396 e. The van der Waals surface area contributed by atoms with Crippen molar-refractivity contribution in [2.75, 3.05) is 17.2 Å². The monoisotopic (exact) mass is 216 g/mol. The second-order valence-corrected chi connectivity index (χ2v) is 4.82. The third-order valence-electron chi connectivity index (χ3n) is 3.18. The van der Waals surface area contributed by atoms with Gasteiger partial charge in [-0.1, -0.05) is 0 Å². The molecule has 4 heteroatoms. The van der Waals surface area contributed by atoms with E-state index in [2.05, 4.69) is 23.7 Å². The standard InChI is InChI=1S/C12H16N4/c1-12(2)4-3-5-16(12)11-10(14)6-9(7-13)8-15-11/h6,8H,3-5,14H2,1-2H3. The Kier molecular flexibility index (Phi) is 2.47. The summed E-state index contributed by atoms with van der Waals surface area (Å²) in [6.07, 6.45) is 3.89. The Labute approximate surface area is 95.7 Å². The maximum atomic E-state index is 8.76. The summed E-state index contributed by atoms with van der Waals surface area (Å²) in [6.45, 7) is 5.37. The van der Waals surface area contributed by atoms with Crippen LogP contribution in [0.2, 0.25) is 0 Å². The summed E-state index contributed by atoms with van der Waals surface area (Å²) in [4.78, 5) is 6.53. The average molecular weight is 216 g/mol. The topological polar surface area (TPSA) is 65.9 Å². The van der Waals surface area contributed by atoms with Gasteiger partial charge < -0.3 is 10.6 Å². The predicted molar refractivity (Wildman–Crippen MR) is 64.0 cm³/mol. The van der Waals surface area contributed by atoms with Crippen LogP contribution in [-0.4, -0.2) is 17.1 Å². The third-order valence-corrected chi connectivity index (χ3v) is 3.18. The van der Waals surface area contributed by atoms with E-state index in [1.807, 2.05) is 6.07 Å². The molecule has 0 atom stereocenters. The highest BCUT2D eigenvalue weighted by Gasteiger charge is 2.33. The van der Waals surface area contributed by atoms with Crippen LogP contribution >= 0.6 is 0 Å². The molecule has 0 amide bonds. The molecule has 1 saturated heterocycles. The molecule has 4 nitrogen and oxygen atoms in total. The van der Waals surface area contributed by atoms with Gasteiger partial charge in [0, 0.05) is 18.3 Å². The Balaban J connectivity index is 2.38. The molecule has 2 heterocycles. The smallest absolute Gasteiger partial charge is 0.152 e. The number of nitriles is 1. The van der Waals surface area contributed by atoms with Gasteiger partial charge in [-0.15, -0.1) is 0 Å². The van der Waals surface area contributed by atoms with Gasteiger partial charge in [0.1, 0.15) is 6.07 Å². The lowest BCUT2D eigenvalue weighted by atomic mass is 10.0. The van der Waals surface area contributed by atoms with Gasteiger partial charge in [-0.2, -0.15) is 5.26 Å². The number of aromatic nitrogens is 1. The number of hydrogen-bond donors (Lipinski definition) is 1. The summed E-state index contributed by atoms with van der Waals surface area (Å²) in [6, 6.07) is 3.74. The zero-order chi connectivity index (χ0) is 11.8. The van der Waals surface area contributed by atoms with Gasteiger partial charge in [0.15, 0.2) is 5.82 Å². The van der Waals surface area contributed by atoms with Crippen molar-refractivity contribution in [1.29, 1.82) is 5.26 Å². The summed E-state index contributed by atoms with van der Waals surface area (Å²) >= 11 is 0. The van der Waals surface area contributed by atoms with Crippen LogP contribution in [0.5, 0.6) is 0 Å². The fourth-order valence-electron chi connectivity index (χ4n) is 2.26. The zero-order valence-corrected chi connectivity index (χ0v) is 9.70. The molecule has 1 aliphatic rings. The molecule has 0 aromatic carbocycles. The van der Waals surface area contributed by atoms with Gasteiger partial charge in [0.25, 0.3) is 0 Å². The molecule has 0 radical (unpaired) electrons. The first-order valence-electron chi connectivity index (χ1n) is 5.48. The Morgan fingerprint density at radius 1 is 1.56 bits per heavy atom. The maximum absolute atomic E-state index is 8.76. The molecule has 84 valence electrons. The van der Waals surface area contributed by atoms with Gasteiger partial charge in [-0.25, -0.2) is 4.98 Å². The van der Waals surface area contributed by atoms with Gasteiger partial charge in [-0.05, 0) is 32.8 Å². The molecule has 0 bridgehead atoms. The zero-order valence-electron chi connectivity index (χ0n) is 9.70. The minimum Gasteiger partial charge on any atom is -0.396 e. The van der Waals surface area contributed by atoms with Crippen molar-refractivity contribution in [3.8, 4) is 6.07 Å². The van der Waals surface area contributed by atoms with Crippen LogP contribution in [0.3, 0.4) is 0 Å². The van der Waals surface area contributed by atoms with Gasteiger partial charge in [0.05, 0.1) is 11.3 Å². The quantitative estimate of drug-likeness (QED) is 0.778. The van der Waals surface area contributed by atoms with E-state index in [0.29, 0.717) is 11.3 Å². The van der Waals surface area contributed by atoms with Crippen molar-refractivity contribution in [3.63, 3.8) is 0 Å². The van der Waals surface area contributed by atoms with Gasteiger partial charge >= 0.3 is 0 Å². The minimum absolute atomic E-state index is 0.106. The molecule has 0 saturated carbocycles. The highest BCUT2D eigenvalue weighted by atomic mass is 15.3. The second kappa shape index (κ2) is 3.67. The van der Waals surface area contributed by atoms with Crippen LogP contribution in [0.15, 0.2) is 12.3 Å². The number of nitrogen functional groups attached to an aromatic ring is 1. The van der Waals surface area contributed by atoms with Crippen LogP contribution < -0.4 is 10.6 Å². The average Bonchev–Trinajstić information content (AvgIpc) is 2.58. The van der Waals surface area contributed by atoms with Crippen LogP contribution in [0.4, 0.5) is 11.5 Å². The van der Waals surface area contributed by atoms with Crippen molar-refractivity contribution in [2.24, 2.45) is 0 Å². The molecule has 0 unspecified atom stereocenters. The molecule has 16 heavy (non-hydrogen) atoms. The fourth-order valence-corrected chi connectivity index (χ4v) is 2.26. The Hall–Kier alpha value is -1.76.